The number of nitrogens with one attached hydrogen (secondary N) is 1. The largest absolute Gasteiger partial charge is 0.354 e. The lowest BCUT2D eigenvalue weighted by Crippen LogP contribution is -2.45. The molecule has 1 unspecified atom stereocenters. The van der Waals surface area contributed by atoms with Crippen molar-refractivity contribution in [2.24, 2.45) is 5.92 Å². The molecule has 2 heterocycles. The van der Waals surface area contributed by atoms with E-state index in [2.05, 4.69) is 5.32 Å². The molecule has 1 aliphatic heterocycles. The summed E-state index contributed by atoms with van der Waals surface area (Å²) >= 11 is 0. The standard InChI is InChI=1S/C15H23N3O2/c1-2-14(19)18-10-5-6-13(12-18)15(20)16-7-11-17-8-3-4-9-17/h3-4,8-9,13H,2,5-7,10-12H2,1H3,(H,16,20). The van der Waals surface area contributed by atoms with E-state index in [1.807, 2.05) is 40.9 Å². The molecule has 0 aromatic carbocycles. The molecule has 1 fully saturated rings. The highest BCUT2D eigenvalue weighted by molar-refractivity contribution is 5.81. The minimum atomic E-state index is -0.0519. The van der Waals surface area contributed by atoms with Crippen LogP contribution in [0.5, 0.6) is 0 Å². The third-order valence-electron chi connectivity index (χ3n) is 3.78. The van der Waals surface area contributed by atoms with Gasteiger partial charge in [-0.15, -0.1) is 0 Å². The van der Waals surface area contributed by atoms with Gasteiger partial charge in [-0.25, -0.2) is 0 Å². The second-order valence-electron chi connectivity index (χ2n) is 5.24. The lowest BCUT2D eigenvalue weighted by Gasteiger charge is -2.31. The molecule has 110 valence electrons. The van der Waals surface area contributed by atoms with Crippen LogP contribution in [-0.4, -0.2) is 40.9 Å². The maximum Gasteiger partial charge on any atom is 0.224 e. The zero-order chi connectivity index (χ0) is 14.4. The van der Waals surface area contributed by atoms with Gasteiger partial charge in [-0.2, -0.15) is 0 Å². The van der Waals surface area contributed by atoms with Crippen molar-refractivity contribution in [3.05, 3.63) is 24.5 Å². The highest BCUT2D eigenvalue weighted by atomic mass is 16.2. The van der Waals surface area contributed by atoms with Crippen molar-refractivity contribution >= 4 is 11.8 Å². The maximum atomic E-state index is 12.1. The first kappa shape index (κ1) is 14.6. The monoisotopic (exact) mass is 277 g/mol. The van der Waals surface area contributed by atoms with Crippen LogP contribution in [0.1, 0.15) is 26.2 Å². The molecule has 0 spiro atoms. The molecule has 0 aliphatic carbocycles. The van der Waals surface area contributed by atoms with E-state index >= 15 is 0 Å². The van der Waals surface area contributed by atoms with Gasteiger partial charge in [0.2, 0.25) is 11.8 Å². The molecular formula is C15H23N3O2. The molecule has 20 heavy (non-hydrogen) atoms. The Labute approximate surface area is 119 Å². The number of amides is 2. The molecule has 0 radical (unpaired) electrons. The van der Waals surface area contributed by atoms with Crippen LogP contribution in [0.4, 0.5) is 0 Å². The van der Waals surface area contributed by atoms with Gasteiger partial charge in [0.15, 0.2) is 0 Å². The number of nitrogens with zero attached hydrogens (tertiary/aromatic N) is 2. The summed E-state index contributed by atoms with van der Waals surface area (Å²) in [6.07, 6.45) is 6.27. The fraction of sp³-hybridized carbons (Fsp3) is 0.600. The van der Waals surface area contributed by atoms with Crippen LogP contribution in [0.25, 0.3) is 0 Å². The topological polar surface area (TPSA) is 54.3 Å². The summed E-state index contributed by atoms with van der Waals surface area (Å²) in [4.78, 5) is 25.6. The number of carbonyl (C=O) groups excluding carboxylic acids is 2. The Hall–Kier alpha value is -1.78. The summed E-state index contributed by atoms with van der Waals surface area (Å²) in [6.45, 7) is 4.64. The first-order chi connectivity index (χ1) is 9.70. The molecule has 2 amide bonds. The predicted molar refractivity (Wildman–Crippen MR) is 77.0 cm³/mol. The van der Waals surface area contributed by atoms with Gasteiger partial charge in [0.25, 0.3) is 0 Å². The van der Waals surface area contributed by atoms with Gasteiger partial charge in [0, 0.05) is 45.0 Å². The fourth-order valence-electron chi connectivity index (χ4n) is 2.61. The van der Waals surface area contributed by atoms with Crippen LogP contribution in [0.2, 0.25) is 0 Å². The number of carbonyl (C=O) groups is 2. The molecule has 1 aliphatic rings. The van der Waals surface area contributed by atoms with Gasteiger partial charge >= 0.3 is 0 Å². The maximum absolute atomic E-state index is 12.1. The Kier molecular flexibility index (Phi) is 5.21. The van der Waals surface area contributed by atoms with Crippen LogP contribution >= 0.6 is 0 Å². The van der Waals surface area contributed by atoms with Gasteiger partial charge in [0.1, 0.15) is 0 Å². The summed E-state index contributed by atoms with van der Waals surface area (Å²) in [5, 5.41) is 2.97. The third kappa shape index (κ3) is 3.85. The Morgan fingerprint density at radius 1 is 1.30 bits per heavy atom. The van der Waals surface area contributed by atoms with E-state index in [1.54, 1.807) is 0 Å². The highest BCUT2D eigenvalue weighted by Crippen LogP contribution is 2.17. The first-order valence-corrected chi connectivity index (χ1v) is 7.37. The van der Waals surface area contributed by atoms with E-state index < -0.39 is 0 Å². The van der Waals surface area contributed by atoms with Gasteiger partial charge in [0.05, 0.1) is 5.92 Å². The van der Waals surface area contributed by atoms with Gasteiger partial charge < -0.3 is 14.8 Å². The summed E-state index contributed by atoms with van der Waals surface area (Å²) < 4.78 is 2.04. The molecular weight excluding hydrogens is 254 g/mol. The Morgan fingerprint density at radius 3 is 2.75 bits per heavy atom. The fourth-order valence-corrected chi connectivity index (χ4v) is 2.61. The molecule has 0 saturated carbocycles. The van der Waals surface area contributed by atoms with Crippen LogP contribution in [0.3, 0.4) is 0 Å². The number of rotatable bonds is 5. The second kappa shape index (κ2) is 7.12. The molecule has 1 aromatic heterocycles. The molecule has 1 atom stereocenters. The molecule has 5 nitrogen and oxygen atoms in total. The molecule has 2 rings (SSSR count). The first-order valence-electron chi connectivity index (χ1n) is 7.37. The van der Waals surface area contributed by atoms with Gasteiger partial charge in [-0.3, -0.25) is 9.59 Å². The summed E-state index contributed by atoms with van der Waals surface area (Å²) in [7, 11) is 0. The minimum Gasteiger partial charge on any atom is -0.354 e. The Morgan fingerprint density at radius 2 is 2.05 bits per heavy atom. The van der Waals surface area contributed by atoms with Crippen molar-refractivity contribution in [1.82, 2.24) is 14.8 Å². The lowest BCUT2D eigenvalue weighted by molar-refractivity contribution is -0.135. The SMILES string of the molecule is CCC(=O)N1CCCC(C(=O)NCCn2cccc2)C1. The minimum absolute atomic E-state index is 0.0519. The number of hydrogen-bond donors (Lipinski definition) is 1. The average molecular weight is 277 g/mol. The van der Waals surface area contributed by atoms with Crippen LogP contribution in [0, 0.1) is 5.92 Å². The van der Waals surface area contributed by atoms with E-state index in [0.717, 1.165) is 25.9 Å². The molecule has 0 bridgehead atoms. The van der Waals surface area contributed by atoms with Crippen molar-refractivity contribution in [2.45, 2.75) is 32.7 Å². The van der Waals surface area contributed by atoms with E-state index in [1.165, 1.54) is 0 Å². The van der Waals surface area contributed by atoms with Crippen molar-refractivity contribution in [3.63, 3.8) is 0 Å². The van der Waals surface area contributed by atoms with Crippen molar-refractivity contribution in [3.8, 4) is 0 Å². The van der Waals surface area contributed by atoms with E-state index in [-0.39, 0.29) is 17.7 Å². The summed E-state index contributed by atoms with van der Waals surface area (Å²) in [5.74, 6) is 0.171. The van der Waals surface area contributed by atoms with Crippen molar-refractivity contribution in [2.75, 3.05) is 19.6 Å². The zero-order valence-electron chi connectivity index (χ0n) is 12.0. The summed E-state index contributed by atoms with van der Waals surface area (Å²) in [6, 6.07) is 3.94. The molecule has 5 heteroatoms. The van der Waals surface area contributed by atoms with Crippen LogP contribution in [0.15, 0.2) is 24.5 Å². The Balaban J connectivity index is 1.75. The van der Waals surface area contributed by atoms with Crippen LogP contribution < -0.4 is 5.32 Å². The normalized spacial score (nSPS) is 18.9. The molecule has 1 saturated heterocycles. The van der Waals surface area contributed by atoms with Crippen molar-refractivity contribution in [1.29, 1.82) is 0 Å². The number of hydrogen-bond acceptors (Lipinski definition) is 2. The van der Waals surface area contributed by atoms with E-state index in [4.69, 9.17) is 0 Å². The summed E-state index contributed by atoms with van der Waals surface area (Å²) in [5.41, 5.74) is 0. The molecule has 1 N–H and O–H groups in total. The van der Waals surface area contributed by atoms with E-state index in [9.17, 15) is 9.59 Å². The van der Waals surface area contributed by atoms with Crippen molar-refractivity contribution < 1.29 is 9.59 Å². The van der Waals surface area contributed by atoms with Gasteiger partial charge in [-0.1, -0.05) is 6.92 Å². The lowest BCUT2D eigenvalue weighted by atomic mass is 9.97. The second-order valence-corrected chi connectivity index (χ2v) is 5.24. The highest BCUT2D eigenvalue weighted by Gasteiger charge is 2.27. The predicted octanol–water partition coefficient (Wildman–Crippen LogP) is 1.25. The number of likely N-dealkylation sites (tertiary alicyclic amines) is 1. The van der Waals surface area contributed by atoms with Crippen LogP contribution in [-0.2, 0) is 16.1 Å². The molecule has 1 aromatic rings. The third-order valence-corrected chi connectivity index (χ3v) is 3.78. The number of piperidine rings is 1. The van der Waals surface area contributed by atoms with E-state index in [0.29, 0.717) is 19.5 Å². The number of aromatic nitrogens is 1. The average Bonchev–Trinajstić information content (AvgIpc) is 2.99. The zero-order valence-corrected chi connectivity index (χ0v) is 12.0. The smallest absolute Gasteiger partial charge is 0.224 e. The quantitative estimate of drug-likeness (QED) is 0.880. The van der Waals surface area contributed by atoms with Gasteiger partial charge in [-0.05, 0) is 25.0 Å². The Bertz CT molecular complexity index is 442.